The Bertz CT molecular complexity index is 584. The molecule has 2 aliphatic rings. The molecule has 21 heavy (non-hydrogen) atoms. The molecule has 6 heteroatoms. The molecule has 5 nitrogen and oxygen atoms in total. The first-order chi connectivity index (χ1) is 10.1. The minimum absolute atomic E-state index is 0.0798. The van der Waals surface area contributed by atoms with Gasteiger partial charge in [-0.15, -0.1) is 0 Å². The molecule has 1 unspecified atom stereocenters. The number of hydrogen-bond donors (Lipinski definition) is 1. The highest BCUT2D eigenvalue weighted by Crippen LogP contribution is 2.34. The van der Waals surface area contributed by atoms with Gasteiger partial charge in [-0.05, 0) is 31.0 Å². The quantitative estimate of drug-likeness (QED) is 0.925. The summed E-state index contributed by atoms with van der Waals surface area (Å²) in [6.45, 7) is 2.38. The number of carbonyl (C=O) groups excluding carboxylic acids is 2. The number of anilines is 2. The summed E-state index contributed by atoms with van der Waals surface area (Å²) in [5.41, 5.74) is 7.03. The van der Waals surface area contributed by atoms with E-state index in [1.165, 1.54) is 12.8 Å². The minimum atomic E-state index is -0.425. The number of hydrogen-bond acceptors (Lipinski definition) is 3. The van der Waals surface area contributed by atoms with Crippen molar-refractivity contribution in [1.29, 1.82) is 0 Å². The Morgan fingerprint density at radius 1 is 1.29 bits per heavy atom. The van der Waals surface area contributed by atoms with E-state index >= 15 is 0 Å². The molecule has 1 atom stereocenters. The van der Waals surface area contributed by atoms with E-state index in [0.717, 1.165) is 24.5 Å². The zero-order valence-electron chi connectivity index (χ0n) is 11.7. The zero-order valence-corrected chi connectivity index (χ0v) is 12.5. The second kappa shape index (κ2) is 5.56. The van der Waals surface area contributed by atoms with E-state index in [2.05, 4.69) is 4.90 Å². The van der Waals surface area contributed by atoms with Crippen LogP contribution in [0.3, 0.4) is 0 Å². The summed E-state index contributed by atoms with van der Waals surface area (Å²) in [6, 6.07) is 5.64. The zero-order chi connectivity index (χ0) is 15.0. The van der Waals surface area contributed by atoms with Crippen molar-refractivity contribution in [3.63, 3.8) is 0 Å². The maximum absolute atomic E-state index is 12.0. The number of rotatable bonds is 3. The van der Waals surface area contributed by atoms with Crippen LogP contribution in [0.5, 0.6) is 0 Å². The maximum atomic E-state index is 12.0. The Labute approximate surface area is 128 Å². The topological polar surface area (TPSA) is 66.6 Å². The van der Waals surface area contributed by atoms with E-state index in [1.54, 1.807) is 11.0 Å². The number of nitrogens with zero attached hydrogens (tertiary/aromatic N) is 2. The van der Waals surface area contributed by atoms with Crippen molar-refractivity contribution in [2.24, 2.45) is 11.7 Å². The fourth-order valence-corrected chi connectivity index (χ4v) is 3.32. The summed E-state index contributed by atoms with van der Waals surface area (Å²) in [4.78, 5) is 27.1. The van der Waals surface area contributed by atoms with Crippen LogP contribution in [0.25, 0.3) is 0 Å². The molecule has 2 N–H and O–H groups in total. The van der Waals surface area contributed by atoms with Gasteiger partial charge in [-0.25, -0.2) is 0 Å². The van der Waals surface area contributed by atoms with Crippen LogP contribution in [0.15, 0.2) is 18.2 Å². The van der Waals surface area contributed by atoms with Crippen molar-refractivity contribution in [3.05, 3.63) is 23.2 Å². The molecule has 2 aliphatic heterocycles. The van der Waals surface area contributed by atoms with Crippen LogP contribution in [0.1, 0.15) is 19.3 Å². The van der Waals surface area contributed by atoms with Crippen molar-refractivity contribution in [1.82, 2.24) is 0 Å². The number of carbonyl (C=O) groups is 2. The van der Waals surface area contributed by atoms with Gasteiger partial charge in [0.05, 0.1) is 16.6 Å². The van der Waals surface area contributed by atoms with E-state index in [0.29, 0.717) is 11.6 Å². The van der Waals surface area contributed by atoms with E-state index in [-0.39, 0.29) is 12.3 Å². The van der Waals surface area contributed by atoms with Crippen LogP contribution in [0, 0.1) is 5.92 Å². The number of nitrogens with two attached hydrogens (primary N) is 1. The Morgan fingerprint density at radius 2 is 2.00 bits per heavy atom. The number of primary amides is 1. The van der Waals surface area contributed by atoms with Gasteiger partial charge < -0.3 is 15.5 Å². The fraction of sp³-hybridized carbons (Fsp3) is 0.467. The van der Waals surface area contributed by atoms with Crippen molar-refractivity contribution >= 4 is 34.8 Å². The lowest BCUT2D eigenvalue weighted by molar-refractivity contribution is -0.123. The van der Waals surface area contributed by atoms with Gasteiger partial charge in [0.25, 0.3) is 0 Å². The highest BCUT2D eigenvalue weighted by Gasteiger charge is 2.34. The lowest BCUT2D eigenvalue weighted by Crippen LogP contribution is -2.28. The number of amides is 2. The SMILES string of the molecule is NC(=O)C1CC(=O)N(c2ccc(N3CCCC3)c(Cl)c2)C1. The number of halogens is 1. The minimum Gasteiger partial charge on any atom is -0.370 e. The summed E-state index contributed by atoms with van der Waals surface area (Å²) < 4.78 is 0. The summed E-state index contributed by atoms with van der Waals surface area (Å²) in [7, 11) is 0. The highest BCUT2D eigenvalue weighted by atomic mass is 35.5. The van der Waals surface area contributed by atoms with Crippen LogP contribution in [0.2, 0.25) is 5.02 Å². The molecule has 0 bridgehead atoms. The fourth-order valence-electron chi connectivity index (χ4n) is 3.03. The molecule has 0 radical (unpaired) electrons. The lowest BCUT2D eigenvalue weighted by atomic mass is 10.1. The smallest absolute Gasteiger partial charge is 0.227 e. The van der Waals surface area contributed by atoms with Gasteiger partial charge in [-0.1, -0.05) is 11.6 Å². The molecule has 1 aromatic rings. The van der Waals surface area contributed by atoms with Gasteiger partial charge >= 0.3 is 0 Å². The van der Waals surface area contributed by atoms with Crippen LogP contribution in [-0.2, 0) is 9.59 Å². The first-order valence-corrected chi connectivity index (χ1v) is 7.58. The van der Waals surface area contributed by atoms with Gasteiger partial charge in [0.1, 0.15) is 0 Å². The lowest BCUT2D eigenvalue weighted by Gasteiger charge is -2.22. The summed E-state index contributed by atoms with van der Waals surface area (Å²) in [5.74, 6) is -0.913. The number of benzene rings is 1. The van der Waals surface area contributed by atoms with Gasteiger partial charge in [0, 0.05) is 31.7 Å². The predicted octanol–water partition coefficient (Wildman–Crippen LogP) is 1.78. The first-order valence-electron chi connectivity index (χ1n) is 7.20. The van der Waals surface area contributed by atoms with Crippen LogP contribution < -0.4 is 15.5 Å². The molecule has 2 amide bonds. The van der Waals surface area contributed by atoms with Crippen molar-refractivity contribution in [2.45, 2.75) is 19.3 Å². The molecule has 0 spiro atoms. The third-order valence-corrected chi connectivity index (χ3v) is 4.52. The Balaban J connectivity index is 1.82. The second-order valence-corrected chi connectivity index (χ2v) is 6.04. The second-order valence-electron chi connectivity index (χ2n) is 5.64. The van der Waals surface area contributed by atoms with Gasteiger partial charge in [0.15, 0.2) is 0 Å². The van der Waals surface area contributed by atoms with Crippen LogP contribution in [-0.4, -0.2) is 31.4 Å². The van der Waals surface area contributed by atoms with Crippen molar-refractivity contribution < 1.29 is 9.59 Å². The summed E-state index contributed by atoms with van der Waals surface area (Å²) in [5, 5.41) is 0.643. The average molecular weight is 308 g/mol. The largest absolute Gasteiger partial charge is 0.370 e. The van der Waals surface area contributed by atoms with Gasteiger partial charge in [-0.3, -0.25) is 9.59 Å². The highest BCUT2D eigenvalue weighted by molar-refractivity contribution is 6.33. The third-order valence-electron chi connectivity index (χ3n) is 4.22. The Kier molecular flexibility index (Phi) is 3.76. The molecule has 2 heterocycles. The van der Waals surface area contributed by atoms with Crippen LogP contribution in [0.4, 0.5) is 11.4 Å². The molecule has 3 rings (SSSR count). The predicted molar refractivity (Wildman–Crippen MR) is 82.6 cm³/mol. The standard InChI is InChI=1S/C15H18ClN3O2/c16-12-8-11(3-4-13(12)18-5-1-2-6-18)19-9-10(15(17)21)7-14(19)20/h3-4,8,10H,1-2,5-7,9H2,(H2,17,21). The van der Waals surface area contributed by atoms with Gasteiger partial charge in [0.2, 0.25) is 11.8 Å². The average Bonchev–Trinajstić information content (AvgIpc) is 3.07. The molecule has 2 fully saturated rings. The Hall–Kier alpha value is -1.75. The van der Waals surface area contributed by atoms with Gasteiger partial charge in [-0.2, -0.15) is 0 Å². The molecule has 112 valence electrons. The normalized spacial score (nSPS) is 22.1. The van der Waals surface area contributed by atoms with E-state index in [1.807, 2.05) is 12.1 Å². The van der Waals surface area contributed by atoms with Crippen LogP contribution >= 0.6 is 11.6 Å². The van der Waals surface area contributed by atoms with Crippen molar-refractivity contribution in [3.8, 4) is 0 Å². The summed E-state index contributed by atoms with van der Waals surface area (Å²) >= 11 is 6.36. The maximum Gasteiger partial charge on any atom is 0.227 e. The van der Waals surface area contributed by atoms with Crippen molar-refractivity contribution in [2.75, 3.05) is 29.4 Å². The molecular weight excluding hydrogens is 290 g/mol. The summed E-state index contributed by atoms with van der Waals surface area (Å²) in [6.07, 6.45) is 2.55. The molecule has 0 aliphatic carbocycles. The van der Waals surface area contributed by atoms with E-state index in [9.17, 15) is 9.59 Å². The molecular formula is C15H18ClN3O2. The first kappa shape index (κ1) is 14.2. The van der Waals surface area contributed by atoms with E-state index in [4.69, 9.17) is 17.3 Å². The third kappa shape index (κ3) is 2.70. The molecule has 2 saturated heterocycles. The monoisotopic (exact) mass is 307 g/mol. The Morgan fingerprint density at radius 3 is 2.57 bits per heavy atom. The molecule has 1 aromatic carbocycles. The van der Waals surface area contributed by atoms with E-state index < -0.39 is 11.8 Å². The molecule has 0 aromatic heterocycles. The molecule has 0 saturated carbocycles.